The zero-order valence-electron chi connectivity index (χ0n) is 11.0. The molecule has 0 saturated carbocycles. The van der Waals surface area contributed by atoms with E-state index in [0.717, 1.165) is 4.88 Å². The summed E-state index contributed by atoms with van der Waals surface area (Å²) in [6.07, 6.45) is 1.71. The molecule has 2 rings (SSSR count). The van der Waals surface area contributed by atoms with Crippen LogP contribution in [0, 0.1) is 13.8 Å². The van der Waals surface area contributed by atoms with Crippen molar-refractivity contribution < 1.29 is 8.42 Å². The summed E-state index contributed by atoms with van der Waals surface area (Å²) in [6.45, 7) is 3.71. The Kier molecular flexibility index (Phi) is 4.33. The molecule has 0 spiro atoms. The second kappa shape index (κ2) is 5.69. The number of hydrogen-bond acceptors (Lipinski definition) is 5. The number of rotatable bonds is 4. The largest absolute Gasteiger partial charge is 0.398 e. The van der Waals surface area contributed by atoms with Crippen LogP contribution in [0.3, 0.4) is 0 Å². The van der Waals surface area contributed by atoms with E-state index in [1.165, 1.54) is 23.5 Å². The van der Waals surface area contributed by atoms with Gasteiger partial charge in [-0.1, -0.05) is 11.6 Å². The van der Waals surface area contributed by atoms with Crippen LogP contribution in [0.4, 0.5) is 5.69 Å². The molecule has 0 radical (unpaired) electrons. The van der Waals surface area contributed by atoms with Crippen molar-refractivity contribution >= 4 is 38.6 Å². The van der Waals surface area contributed by atoms with E-state index in [4.69, 9.17) is 17.3 Å². The van der Waals surface area contributed by atoms with Gasteiger partial charge in [0.25, 0.3) is 0 Å². The Balaban J connectivity index is 2.27. The summed E-state index contributed by atoms with van der Waals surface area (Å²) in [5.74, 6) is 0. The van der Waals surface area contributed by atoms with Gasteiger partial charge >= 0.3 is 0 Å². The summed E-state index contributed by atoms with van der Waals surface area (Å²) in [6, 6.07) is 2.92. The fourth-order valence-electron chi connectivity index (χ4n) is 1.67. The standard InChI is InChI=1S/C12H14ClN3O2S2/c1-7-5-15-12(19-7)6-16-20(17,18)11-4-9(13)3-10(14)8(11)2/h3-5,16H,6,14H2,1-2H3. The van der Waals surface area contributed by atoms with Gasteiger partial charge in [-0.25, -0.2) is 18.1 Å². The molecule has 0 saturated heterocycles. The average Bonchev–Trinajstić information content (AvgIpc) is 2.77. The molecule has 0 unspecified atom stereocenters. The number of nitrogens with zero attached hydrogens (tertiary/aromatic N) is 1. The van der Waals surface area contributed by atoms with E-state index >= 15 is 0 Å². The highest BCUT2D eigenvalue weighted by Crippen LogP contribution is 2.26. The molecule has 0 aliphatic rings. The molecule has 2 aromatic rings. The van der Waals surface area contributed by atoms with Crippen molar-refractivity contribution in [3.63, 3.8) is 0 Å². The van der Waals surface area contributed by atoms with Crippen LogP contribution >= 0.6 is 22.9 Å². The molecular formula is C12H14ClN3O2S2. The molecule has 0 aliphatic carbocycles. The van der Waals surface area contributed by atoms with Crippen molar-refractivity contribution in [2.24, 2.45) is 0 Å². The second-order valence-electron chi connectivity index (χ2n) is 4.31. The molecule has 20 heavy (non-hydrogen) atoms. The Morgan fingerprint density at radius 3 is 2.70 bits per heavy atom. The van der Waals surface area contributed by atoms with Gasteiger partial charge in [-0.2, -0.15) is 0 Å². The van der Waals surface area contributed by atoms with Gasteiger partial charge < -0.3 is 5.73 Å². The van der Waals surface area contributed by atoms with Gasteiger partial charge in [0.05, 0.1) is 11.4 Å². The Morgan fingerprint density at radius 1 is 1.40 bits per heavy atom. The van der Waals surface area contributed by atoms with Gasteiger partial charge in [0.1, 0.15) is 5.01 Å². The molecule has 8 heteroatoms. The quantitative estimate of drug-likeness (QED) is 0.843. The summed E-state index contributed by atoms with van der Waals surface area (Å²) in [5.41, 5.74) is 6.58. The molecular weight excluding hydrogens is 318 g/mol. The number of sulfonamides is 1. The molecule has 0 fully saturated rings. The summed E-state index contributed by atoms with van der Waals surface area (Å²) in [4.78, 5) is 5.23. The summed E-state index contributed by atoms with van der Waals surface area (Å²) in [7, 11) is -3.67. The highest BCUT2D eigenvalue weighted by Gasteiger charge is 2.19. The third-order valence-corrected chi connectivity index (χ3v) is 5.40. The number of benzene rings is 1. The van der Waals surface area contributed by atoms with Crippen LogP contribution in [0.25, 0.3) is 0 Å². The maximum atomic E-state index is 12.3. The molecule has 0 bridgehead atoms. The number of nitrogens with one attached hydrogen (secondary N) is 1. The number of aromatic nitrogens is 1. The second-order valence-corrected chi connectivity index (χ2v) is 7.80. The first-order valence-corrected chi connectivity index (χ1v) is 8.44. The SMILES string of the molecule is Cc1cnc(CNS(=O)(=O)c2cc(Cl)cc(N)c2C)s1. The average molecular weight is 332 g/mol. The van der Waals surface area contributed by atoms with Gasteiger partial charge in [-0.15, -0.1) is 11.3 Å². The number of aryl methyl sites for hydroxylation is 1. The van der Waals surface area contributed by atoms with Crippen molar-refractivity contribution in [3.05, 3.63) is 38.8 Å². The minimum atomic E-state index is -3.67. The van der Waals surface area contributed by atoms with E-state index in [0.29, 0.717) is 21.3 Å². The fourth-order valence-corrected chi connectivity index (χ4v) is 4.07. The minimum Gasteiger partial charge on any atom is -0.398 e. The molecule has 1 heterocycles. The van der Waals surface area contributed by atoms with Gasteiger partial charge in [-0.3, -0.25) is 0 Å². The van der Waals surface area contributed by atoms with Crippen molar-refractivity contribution in [1.82, 2.24) is 9.71 Å². The lowest BCUT2D eigenvalue weighted by molar-refractivity contribution is 0.580. The topological polar surface area (TPSA) is 85.1 Å². The van der Waals surface area contributed by atoms with E-state index in [-0.39, 0.29) is 11.4 Å². The maximum absolute atomic E-state index is 12.3. The highest BCUT2D eigenvalue weighted by molar-refractivity contribution is 7.89. The maximum Gasteiger partial charge on any atom is 0.241 e. The molecule has 0 amide bonds. The zero-order chi connectivity index (χ0) is 14.9. The van der Waals surface area contributed by atoms with Gasteiger partial charge in [0.2, 0.25) is 10.0 Å². The molecule has 0 atom stereocenters. The smallest absolute Gasteiger partial charge is 0.241 e. The summed E-state index contributed by atoms with van der Waals surface area (Å²) in [5, 5.41) is 0.997. The van der Waals surface area contributed by atoms with Crippen LogP contribution in [-0.2, 0) is 16.6 Å². The van der Waals surface area contributed by atoms with E-state index in [2.05, 4.69) is 9.71 Å². The number of nitrogens with two attached hydrogens (primary N) is 1. The minimum absolute atomic E-state index is 0.0933. The number of anilines is 1. The lowest BCUT2D eigenvalue weighted by Gasteiger charge is -2.11. The van der Waals surface area contributed by atoms with E-state index in [1.807, 2.05) is 6.92 Å². The zero-order valence-corrected chi connectivity index (χ0v) is 13.4. The Hall–Kier alpha value is -1.15. The molecule has 0 aliphatic heterocycles. The van der Waals surface area contributed by atoms with E-state index in [9.17, 15) is 8.42 Å². The third-order valence-electron chi connectivity index (χ3n) is 2.74. The first-order chi connectivity index (χ1) is 9.29. The van der Waals surface area contributed by atoms with Gasteiger partial charge in [0.15, 0.2) is 0 Å². The molecule has 108 valence electrons. The van der Waals surface area contributed by atoms with Crippen LogP contribution < -0.4 is 10.5 Å². The van der Waals surface area contributed by atoms with Crippen LogP contribution in [0.5, 0.6) is 0 Å². The summed E-state index contributed by atoms with van der Waals surface area (Å²) < 4.78 is 27.1. The van der Waals surface area contributed by atoms with Crippen molar-refractivity contribution in [3.8, 4) is 0 Å². The van der Waals surface area contributed by atoms with Crippen molar-refractivity contribution in [2.75, 3.05) is 5.73 Å². The van der Waals surface area contributed by atoms with Crippen LogP contribution in [0.2, 0.25) is 5.02 Å². The van der Waals surface area contributed by atoms with Crippen molar-refractivity contribution in [2.45, 2.75) is 25.3 Å². The number of thiazole rings is 1. The number of halogens is 1. The summed E-state index contributed by atoms with van der Waals surface area (Å²) >= 11 is 7.31. The lowest BCUT2D eigenvalue weighted by atomic mass is 10.2. The first-order valence-electron chi connectivity index (χ1n) is 5.76. The van der Waals surface area contributed by atoms with E-state index in [1.54, 1.807) is 13.1 Å². The lowest BCUT2D eigenvalue weighted by Crippen LogP contribution is -2.24. The monoisotopic (exact) mass is 331 g/mol. The molecule has 1 aromatic carbocycles. The predicted molar refractivity (Wildman–Crippen MR) is 81.5 cm³/mol. The Bertz CT molecular complexity index is 741. The van der Waals surface area contributed by atoms with Crippen LogP contribution in [-0.4, -0.2) is 13.4 Å². The van der Waals surface area contributed by atoms with Crippen LogP contribution in [0.15, 0.2) is 23.2 Å². The Morgan fingerprint density at radius 2 is 2.10 bits per heavy atom. The fraction of sp³-hybridized carbons (Fsp3) is 0.250. The Labute approximate surface area is 126 Å². The van der Waals surface area contributed by atoms with Gasteiger partial charge in [-0.05, 0) is 31.5 Å². The first kappa shape index (κ1) is 15.2. The van der Waals surface area contributed by atoms with Crippen molar-refractivity contribution in [1.29, 1.82) is 0 Å². The van der Waals surface area contributed by atoms with Gasteiger partial charge in [0, 0.05) is 21.8 Å². The number of hydrogen-bond donors (Lipinski definition) is 2. The predicted octanol–water partition coefficient (Wildman–Crippen LogP) is 2.47. The normalized spacial score (nSPS) is 11.8. The number of nitrogen functional groups attached to an aromatic ring is 1. The third kappa shape index (κ3) is 3.29. The molecule has 1 aromatic heterocycles. The highest BCUT2D eigenvalue weighted by atomic mass is 35.5. The van der Waals surface area contributed by atoms with E-state index < -0.39 is 10.0 Å². The molecule has 3 N–H and O–H groups in total. The van der Waals surface area contributed by atoms with Crippen LogP contribution in [0.1, 0.15) is 15.4 Å². The molecule has 5 nitrogen and oxygen atoms in total.